The first-order valence-corrected chi connectivity index (χ1v) is 9.95. The summed E-state index contributed by atoms with van der Waals surface area (Å²) >= 11 is 0. The Morgan fingerprint density at radius 1 is 1.06 bits per heavy atom. The SMILES string of the molecule is COC1OC(O[C@@H]2O[C@H](CO)[C@@H](O)[C@H](O)[C@H]2O)C2C(COC(C)=O)=CC3OC(=O)C1C32. The molecule has 3 saturated heterocycles. The van der Waals surface area contributed by atoms with Gasteiger partial charge in [0.05, 0.1) is 6.61 Å². The first kappa shape index (κ1) is 22.6. The molecule has 174 valence electrons. The average molecular weight is 446 g/mol. The Hall–Kier alpha value is -1.64. The quantitative estimate of drug-likeness (QED) is 0.248. The van der Waals surface area contributed by atoms with Crippen molar-refractivity contribution in [2.45, 2.75) is 56.3 Å². The second-order valence-electron chi connectivity index (χ2n) is 7.99. The van der Waals surface area contributed by atoms with Gasteiger partial charge in [-0.25, -0.2) is 0 Å². The lowest BCUT2D eigenvalue weighted by atomic mass is 9.78. The van der Waals surface area contributed by atoms with Gasteiger partial charge in [-0.2, -0.15) is 0 Å². The Kier molecular flexibility index (Phi) is 6.34. The van der Waals surface area contributed by atoms with Gasteiger partial charge >= 0.3 is 11.9 Å². The maximum absolute atomic E-state index is 12.4. The molecule has 0 aromatic rings. The van der Waals surface area contributed by atoms with Gasteiger partial charge in [-0.3, -0.25) is 9.59 Å². The molecule has 4 rings (SSSR count). The van der Waals surface area contributed by atoms with E-state index in [0.29, 0.717) is 5.57 Å². The largest absolute Gasteiger partial charge is 0.461 e. The molecular formula is C19H26O12. The average Bonchev–Trinajstić information content (AvgIpc) is 3.26. The lowest BCUT2D eigenvalue weighted by Gasteiger charge is -2.45. The van der Waals surface area contributed by atoms with Crippen LogP contribution in [0.4, 0.5) is 0 Å². The smallest absolute Gasteiger partial charge is 0.315 e. The summed E-state index contributed by atoms with van der Waals surface area (Å²) < 4.78 is 33.0. The van der Waals surface area contributed by atoms with Crippen molar-refractivity contribution in [3.8, 4) is 0 Å². The maximum Gasteiger partial charge on any atom is 0.315 e. The fraction of sp³-hybridized carbons (Fsp3) is 0.789. The molecular weight excluding hydrogens is 420 g/mol. The second-order valence-corrected chi connectivity index (χ2v) is 7.99. The topological polar surface area (TPSA) is 170 Å². The van der Waals surface area contributed by atoms with Crippen LogP contribution in [0.3, 0.4) is 0 Å². The zero-order valence-electron chi connectivity index (χ0n) is 16.9. The first-order chi connectivity index (χ1) is 14.8. The highest BCUT2D eigenvalue weighted by Crippen LogP contribution is 2.52. The summed E-state index contributed by atoms with van der Waals surface area (Å²) in [6.45, 7) is 0.569. The van der Waals surface area contributed by atoms with Gasteiger partial charge in [0.15, 0.2) is 18.9 Å². The van der Waals surface area contributed by atoms with Crippen LogP contribution in [0.1, 0.15) is 6.92 Å². The predicted octanol–water partition coefficient (Wildman–Crippen LogP) is -2.59. The Labute approximate surface area is 177 Å². The normalized spacial score (nSPS) is 46.3. The van der Waals surface area contributed by atoms with Crippen molar-refractivity contribution in [3.05, 3.63) is 11.6 Å². The molecule has 3 fully saturated rings. The Bertz CT molecular complexity index is 737. The van der Waals surface area contributed by atoms with E-state index in [9.17, 15) is 30.0 Å². The van der Waals surface area contributed by atoms with Crippen LogP contribution in [0.15, 0.2) is 11.6 Å². The van der Waals surface area contributed by atoms with E-state index < -0.39 is 85.7 Å². The number of carbonyl (C=O) groups is 2. The molecule has 31 heavy (non-hydrogen) atoms. The lowest BCUT2D eigenvalue weighted by Crippen LogP contribution is -2.61. The van der Waals surface area contributed by atoms with Crippen molar-refractivity contribution >= 4 is 11.9 Å². The molecule has 0 aromatic carbocycles. The number of methoxy groups -OCH3 is 1. The summed E-state index contributed by atoms with van der Waals surface area (Å²) in [6, 6.07) is 0. The zero-order chi connectivity index (χ0) is 22.4. The van der Waals surface area contributed by atoms with Crippen LogP contribution in [-0.4, -0.2) is 102 Å². The second kappa shape index (κ2) is 8.71. The van der Waals surface area contributed by atoms with Crippen molar-refractivity contribution in [1.82, 2.24) is 0 Å². The number of hydrogen-bond donors (Lipinski definition) is 4. The van der Waals surface area contributed by atoms with Crippen LogP contribution in [0.5, 0.6) is 0 Å². The number of aliphatic hydroxyl groups is 4. The van der Waals surface area contributed by atoms with Gasteiger partial charge in [-0.1, -0.05) is 0 Å². The highest BCUT2D eigenvalue weighted by molar-refractivity contribution is 5.77. The molecule has 4 N–H and O–H groups in total. The van der Waals surface area contributed by atoms with Gasteiger partial charge in [0.1, 0.15) is 43.0 Å². The highest BCUT2D eigenvalue weighted by Gasteiger charge is 2.62. The molecule has 0 aromatic heterocycles. The third-order valence-electron chi connectivity index (χ3n) is 6.19. The van der Waals surface area contributed by atoms with E-state index in [2.05, 4.69) is 0 Å². The molecule has 0 bridgehead atoms. The number of rotatable bonds is 6. The summed E-state index contributed by atoms with van der Waals surface area (Å²) in [4.78, 5) is 23.7. The van der Waals surface area contributed by atoms with Gasteiger partial charge < -0.3 is 48.8 Å². The number of carbonyl (C=O) groups excluding carboxylic acids is 2. The Balaban J connectivity index is 1.59. The van der Waals surface area contributed by atoms with Crippen LogP contribution >= 0.6 is 0 Å². The van der Waals surface area contributed by atoms with E-state index in [0.717, 1.165) is 0 Å². The molecule has 6 unspecified atom stereocenters. The van der Waals surface area contributed by atoms with Crippen molar-refractivity contribution in [2.24, 2.45) is 17.8 Å². The molecule has 4 aliphatic rings. The van der Waals surface area contributed by atoms with Crippen LogP contribution in [-0.2, 0) is 38.0 Å². The molecule has 3 aliphatic heterocycles. The minimum Gasteiger partial charge on any atom is -0.461 e. The van der Waals surface area contributed by atoms with E-state index in [4.69, 9.17) is 28.4 Å². The summed E-state index contributed by atoms with van der Waals surface area (Å²) in [5.74, 6) is -2.74. The van der Waals surface area contributed by atoms with Crippen molar-refractivity contribution in [3.63, 3.8) is 0 Å². The molecule has 1 aliphatic carbocycles. The summed E-state index contributed by atoms with van der Waals surface area (Å²) in [5.41, 5.74) is 0.604. The van der Waals surface area contributed by atoms with E-state index in [1.807, 2.05) is 0 Å². The number of aliphatic hydroxyl groups excluding tert-OH is 4. The van der Waals surface area contributed by atoms with Crippen LogP contribution in [0.2, 0.25) is 0 Å². The van der Waals surface area contributed by atoms with Gasteiger partial charge in [0.25, 0.3) is 0 Å². The van der Waals surface area contributed by atoms with Crippen LogP contribution in [0, 0.1) is 17.8 Å². The standard InChI is InChI=1S/C19H26O12/c1-6(21)27-5-7-3-8-11-10(7)18(30-17(26-2)12(11)16(25)28-8)31-19-15(24)14(23)13(22)9(4-20)29-19/h3,8-15,17-20,22-24H,4-5H2,1-2H3/t8?,9-,10?,11?,12?,13-,14+,15-,17?,18?,19+/m1/s1. The minimum absolute atomic E-state index is 0.0766. The summed E-state index contributed by atoms with van der Waals surface area (Å²) in [6.07, 6.45) is -8.47. The van der Waals surface area contributed by atoms with Gasteiger partial charge in [-0.05, 0) is 11.6 Å². The monoisotopic (exact) mass is 446 g/mol. The predicted molar refractivity (Wildman–Crippen MR) is 95.6 cm³/mol. The van der Waals surface area contributed by atoms with Crippen molar-refractivity contribution < 1.29 is 58.4 Å². The number of hydrogen-bond acceptors (Lipinski definition) is 12. The van der Waals surface area contributed by atoms with E-state index in [1.54, 1.807) is 6.08 Å². The fourth-order valence-corrected chi connectivity index (χ4v) is 4.71. The van der Waals surface area contributed by atoms with Crippen molar-refractivity contribution in [1.29, 1.82) is 0 Å². The van der Waals surface area contributed by atoms with Crippen LogP contribution < -0.4 is 0 Å². The summed E-state index contributed by atoms with van der Waals surface area (Å²) in [5, 5.41) is 39.7. The number of ether oxygens (including phenoxy) is 6. The molecule has 0 radical (unpaired) electrons. The lowest BCUT2D eigenvalue weighted by molar-refractivity contribution is -0.375. The van der Waals surface area contributed by atoms with E-state index in [-0.39, 0.29) is 6.61 Å². The third kappa shape index (κ3) is 3.87. The Morgan fingerprint density at radius 2 is 1.81 bits per heavy atom. The van der Waals surface area contributed by atoms with Crippen molar-refractivity contribution in [2.75, 3.05) is 20.3 Å². The van der Waals surface area contributed by atoms with Gasteiger partial charge in [0.2, 0.25) is 0 Å². The van der Waals surface area contributed by atoms with Crippen LogP contribution in [0.25, 0.3) is 0 Å². The zero-order valence-corrected chi connectivity index (χ0v) is 16.9. The van der Waals surface area contributed by atoms with Gasteiger partial charge in [-0.15, -0.1) is 0 Å². The Morgan fingerprint density at radius 3 is 2.45 bits per heavy atom. The maximum atomic E-state index is 12.4. The fourth-order valence-electron chi connectivity index (χ4n) is 4.71. The highest BCUT2D eigenvalue weighted by atomic mass is 16.8. The third-order valence-corrected chi connectivity index (χ3v) is 6.19. The van der Waals surface area contributed by atoms with E-state index >= 15 is 0 Å². The molecule has 0 spiro atoms. The molecule has 0 saturated carbocycles. The first-order valence-electron chi connectivity index (χ1n) is 9.95. The summed E-state index contributed by atoms with van der Waals surface area (Å²) in [7, 11) is 1.36. The minimum atomic E-state index is -1.64. The molecule has 12 heteroatoms. The molecule has 3 heterocycles. The molecule has 0 amide bonds. The van der Waals surface area contributed by atoms with Gasteiger partial charge in [0, 0.05) is 25.9 Å². The molecule has 12 nitrogen and oxygen atoms in total. The molecule has 11 atom stereocenters. The number of esters is 2. The van der Waals surface area contributed by atoms with E-state index in [1.165, 1.54) is 14.0 Å².